The van der Waals surface area contributed by atoms with Gasteiger partial charge in [0.2, 0.25) is 7.37 Å². The molecule has 2 N–H and O–H groups in total. The Hall–Kier alpha value is -0.670. The molecule has 0 saturated heterocycles. The highest BCUT2D eigenvalue weighted by Gasteiger charge is 2.32. The van der Waals surface area contributed by atoms with Crippen molar-refractivity contribution in [3.8, 4) is 0 Å². The van der Waals surface area contributed by atoms with E-state index in [0.717, 1.165) is 13.6 Å². The van der Waals surface area contributed by atoms with Crippen LogP contribution in [0.1, 0.15) is 6.92 Å². The van der Waals surface area contributed by atoms with Crippen molar-refractivity contribution in [2.75, 3.05) is 6.66 Å². The second-order valence-corrected chi connectivity index (χ2v) is 4.95. The summed E-state index contributed by atoms with van der Waals surface area (Å²) in [5.74, 6) is -2.90. The second-order valence-electron chi connectivity index (χ2n) is 2.29. The van der Waals surface area contributed by atoms with Gasteiger partial charge < -0.3 is 10.00 Å². The van der Waals surface area contributed by atoms with E-state index in [-0.39, 0.29) is 0 Å². The molecule has 0 aromatic rings. The lowest BCUT2D eigenvalue weighted by Gasteiger charge is -2.10. The molecule has 0 fully saturated rings. The quantitative estimate of drug-likeness (QED) is 0.468. The molecule has 0 saturated carbocycles. The van der Waals surface area contributed by atoms with Crippen LogP contribution in [-0.4, -0.2) is 34.1 Å². The van der Waals surface area contributed by atoms with Crippen molar-refractivity contribution in [2.45, 2.75) is 12.6 Å². The van der Waals surface area contributed by atoms with Crippen molar-refractivity contribution < 1.29 is 24.2 Å². The highest BCUT2D eigenvalue weighted by Crippen LogP contribution is 2.41. The van der Waals surface area contributed by atoms with Gasteiger partial charge in [-0.3, -0.25) is 9.36 Å². The van der Waals surface area contributed by atoms with E-state index < -0.39 is 24.8 Å². The first-order valence-electron chi connectivity index (χ1n) is 2.84. The Bertz CT molecular complexity index is 227. The second kappa shape index (κ2) is 3.15. The number of carbonyl (C=O) groups is 2. The Kier molecular flexibility index (Phi) is 2.96. The zero-order valence-corrected chi connectivity index (χ0v) is 7.04. The lowest BCUT2D eigenvalue weighted by molar-refractivity contribution is -0.148. The van der Waals surface area contributed by atoms with Crippen LogP contribution in [0.15, 0.2) is 0 Å². The van der Waals surface area contributed by atoms with Gasteiger partial charge in [-0.25, -0.2) is 4.79 Å². The maximum absolute atomic E-state index is 10.7. The van der Waals surface area contributed by atoms with Gasteiger partial charge in [-0.1, -0.05) is 0 Å². The Morgan fingerprint density at radius 1 is 1.45 bits per heavy atom. The fourth-order valence-electron chi connectivity index (χ4n) is 0.396. The summed E-state index contributed by atoms with van der Waals surface area (Å²) in [5.41, 5.74) is -1.32. The van der Waals surface area contributed by atoms with Crippen LogP contribution < -0.4 is 0 Å². The van der Waals surface area contributed by atoms with E-state index in [1.807, 2.05) is 0 Å². The van der Waals surface area contributed by atoms with Gasteiger partial charge in [0.25, 0.3) is 5.78 Å². The molecule has 0 aliphatic heterocycles. The number of aliphatic carboxylic acids is 1. The topological polar surface area (TPSA) is 91.7 Å². The minimum Gasteiger partial charge on any atom is -0.475 e. The molecule has 0 bridgehead atoms. The van der Waals surface area contributed by atoms with Crippen LogP contribution in [-0.2, 0) is 14.2 Å². The summed E-state index contributed by atoms with van der Waals surface area (Å²) in [6.45, 7) is 2.08. The molecule has 0 rings (SSSR count). The van der Waals surface area contributed by atoms with Gasteiger partial charge in [0.05, 0.1) is 0 Å². The minimum atomic E-state index is -3.60. The Morgan fingerprint density at radius 2 is 1.82 bits per heavy atom. The zero-order chi connectivity index (χ0) is 9.23. The highest BCUT2D eigenvalue weighted by molar-refractivity contribution is 7.59. The number of rotatable bonds is 3. The minimum absolute atomic E-state index is 0.957. The fourth-order valence-corrected chi connectivity index (χ4v) is 0.942. The normalized spacial score (nSPS) is 18.5. The van der Waals surface area contributed by atoms with E-state index in [0.29, 0.717) is 0 Å². The largest absolute Gasteiger partial charge is 0.475 e. The average Bonchev–Trinajstić information content (AvgIpc) is 1.82. The maximum atomic E-state index is 10.7. The number of carbonyl (C=O) groups excluding carboxylic acids is 1. The van der Waals surface area contributed by atoms with Crippen LogP contribution in [0.2, 0.25) is 0 Å². The molecular formula is C5H9O5P. The highest BCUT2D eigenvalue weighted by atomic mass is 31.2. The lowest BCUT2D eigenvalue weighted by Crippen LogP contribution is -2.25. The third kappa shape index (κ3) is 2.82. The van der Waals surface area contributed by atoms with Crippen molar-refractivity contribution in [3.63, 3.8) is 0 Å². The third-order valence-corrected chi connectivity index (χ3v) is 2.98. The molecule has 2 unspecified atom stereocenters. The van der Waals surface area contributed by atoms with E-state index in [1.54, 1.807) is 0 Å². The van der Waals surface area contributed by atoms with Crippen LogP contribution in [0.4, 0.5) is 0 Å². The molecule has 64 valence electrons. The zero-order valence-electron chi connectivity index (χ0n) is 6.14. The van der Waals surface area contributed by atoms with Gasteiger partial charge in [0.1, 0.15) is 5.66 Å². The van der Waals surface area contributed by atoms with Crippen molar-refractivity contribution in [1.82, 2.24) is 0 Å². The van der Waals surface area contributed by atoms with Crippen LogP contribution in [0.3, 0.4) is 0 Å². The molecule has 0 heterocycles. The number of carboxylic acids is 1. The number of ketones is 1. The lowest BCUT2D eigenvalue weighted by atomic mass is 10.3. The standard InChI is InChI=1S/C5H9O5P/c1-3(11(2,9)10)4(6)5(7)8/h3H,1-2H3,(H,7,8)(H,9,10). The van der Waals surface area contributed by atoms with E-state index >= 15 is 0 Å². The number of hydrogen-bond acceptors (Lipinski definition) is 3. The Balaban J connectivity index is 4.52. The van der Waals surface area contributed by atoms with Crippen molar-refractivity contribution in [2.24, 2.45) is 0 Å². The van der Waals surface area contributed by atoms with Crippen LogP contribution in [0.5, 0.6) is 0 Å². The first-order chi connectivity index (χ1) is 4.76. The van der Waals surface area contributed by atoms with Crippen LogP contribution >= 0.6 is 7.37 Å². The Labute approximate surface area is 63.5 Å². The van der Waals surface area contributed by atoms with E-state index in [4.69, 9.17) is 10.00 Å². The van der Waals surface area contributed by atoms with E-state index in [9.17, 15) is 14.2 Å². The van der Waals surface area contributed by atoms with Gasteiger partial charge in [0.15, 0.2) is 0 Å². The van der Waals surface area contributed by atoms with Gasteiger partial charge in [0, 0.05) is 6.66 Å². The summed E-state index contributed by atoms with van der Waals surface area (Å²) in [6, 6.07) is 0. The molecule has 0 aliphatic carbocycles. The molecule has 0 amide bonds. The molecule has 6 heteroatoms. The molecular weight excluding hydrogens is 171 g/mol. The summed E-state index contributed by atoms with van der Waals surface area (Å²) in [7, 11) is -3.60. The van der Waals surface area contributed by atoms with Crippen LogP contribution in [0.25, 0.3) is 0 Å². The number of Topliss-reactive ketones (excluding diaryl/α,β-unsaturated/α-hetero) is 1. The monoisotopic (exact) mass is 180 g/mol. The fraction of sp³-hybridized carbons (Fsp3) is 0.600. The molecule has 0 radical (unpaired) electrons. The molecule has 2 atom stereocenters. The first kappa shape index (κ1) is 10.3. The summed E-state index contributed by atoms with van der Waals surface area (Å²) < 4.78 is 10.7. The summed E-state index contributed by atoms with van der Waals surface area (Å²) >= 11 is 0. The van der Waals surface area contributed by atoms with Crippen molar-refractivity contribution in [1.29, 1.82) is 0 Å². The Morgan fingerprint density at radius 3 is 1.91 bits per heavy atom. The molecule has 0 aromatic heterocycles. The van der Waals surface area contributed by atoms with Gasteiger partial charge in [-0.05, 0) is 6.92 Å². The summed E-state index contributed by atoms with van der Waals surface area (Å²) in [5, 5.41) is 8.13. The average molecular weight is 180 g/mol. The number of carboxylic acid groups (broad SMARTS) is 1. The first-order valence-corrected chi connectivity index (χ1v) is 5.01. The predicted molar refractivity (Wildman–Crippen MR) is 37.9 cm³/mol. The molecule has 11 heavy (non-hydrogen) atoms. The molecule has 0 aliphatic rings. The van der Waals surface area contributed by atoms with Gasteiger partial charge in [-0.2, -0.15) is 0 Å². The molecule has 0 aromatic carbocycles. The summed E-state index contributed by atoms with van der Waals surface area (Å²) in [4.78, 5) is 29.3. The molecule has 5 nitrogen and oxygen atoms in total. The van der Waals surface area contributed by atoms with Gasteiger partial charge >= 0.3 is 5.97 Å². The van der Waals surface area contributed by atoms with E-state index in [2.05, 4.69) is 0 Å². The van der Waals surface area contributed by atoms with Crippen LogP contribution in [0, 0.1) is 0 Å². The molecule has 0 spiro atoms. The third-order valence-electron chi connectivity index (χ3n) is 1.31. The SMILES string of the molecule is CC(C(=O)C(=O)O)P(C)(=O)O. The van der Waals surface area contributed by atoms with Gasteiger partial charge in [-0.15, -0.1) is 0 Å². The summed E-state index contributed by atoms with van der Waals surface area (Å²) in [6.07, 6.45) is 0. The smallest absolute Gasteiger partial charge is 0.373 e. The predicted octanol–water partition coefficient (Wildman–Crippen LogP) is -0.0712. The van der Waals surface area contributed by atoms with E-state index in [1.165, 1.54) is 0 Å². The van der Waals surface area contributed by atoms with Crippen molar-refractivity contribution in [3.05, 3.63) is 0 Å². The maximum Gasteiger partial charge on any atom is 0.373 e. The number of hydrogen-bond donors (Lipinski definition) is 2. The van der Waals surface area contributed by atoms with Crippen molar-refractivity contribution >= 4 is 19.1 Å².